The number of rotatable bonds is 5. The summed E-state index contributed by atoms with van der Waals surface area (Å²) in [5.41, 5.74) is 1.32. The summed E-state index contributed by atoms with van der Waals surface area (Å²) in [6, 6.07) is 15.3. The SMILES string of the molecule is CS(=O)(=O)c1ccc(C(=O)C=CNc2ccccc2)cc1. The van der Waals surface area contributed by atoms with Gasteiger partial charge in [-0.25, -0.2) is 8.42 Å². The Hall–Kier alpha value is -2.40. The zero-order valence-corrected chi connectivity index (χ0v) is 12.3. The summed E-state index contributed by atoms with van der Waals surface area (Å²) < 4.78 is 22.7. The van der Waals surface area contributed by atoms with Crippen molar-refractivity contribution in [2.45, 2.75) is 4.90 Å². The zero-order chi connectivity index (χ0) is 15.3. The molecule has 0 unspecified atom stereocenters. The van der Waals surface area contributed by atoms with Crippen LogP contribution in [0.1, 0.15) is 10.4 Å². The summed E-state index contributed by atoms with van der Waals surface area (Å²) in [6.07, 6.45) is 4.10. The Morgan fingerprint density at radius 3 is 2.19 bits per heavy atom. The van der Waals surface area contributed by atoms with E-state index in [0.29, 0.717) is 5.56 Å². The second kappa shape index (κ2) is 6.37. The van der Waals surface area contributed by atoms with Crippen molar-refractivity contribution < 1.29 is 13.2 Å². The summed E-state index contributed by atoms with van der Waals surface area (Å²) in [5, 5.41) is 2.98. The Morgan fingerprint density at radius 2 is 1.62 bits per heavy atom. The van der Waals surface area contributed by atoms with Gasteiger partial charge in [-0.2, -0.15) is 0 Å². The minimum Gasteiger partial charge on any atom is -0.362 e. The van der Waals surface area contributed by atoms with Gasteiger partial charge in [0.15, 0.2) is 15.6 Å². The standard InChI is InChI=1S/C16H15NO3S/c1-21(19,20)15-9-7-13(8-10-15)16(18)11-12-17-14-5-3-2-4-6-14/h2-12,17H,1H3. The van der Waals surface area contributed by atoms with Crippen molar-refractivity contribution in [1.82, 2.24) is 0 Å². The molecule has 2 rings (SSSR count). The van der Waals surface area contributed by atoms with E-state index in [1.54, 1.807) is 6.20 Å². The molecule has 2 aromatic carbocycles. The molecule has 108 valence electrons. The minimum atomic E-state index is -3.24. The Morgan fingerprint density at radius 1 is 1.00 bits per heavy atom. The number of hydrogen-bond donors (Lipinski definition) is 1. The highest BCUT2D eigenvalue weighted by Crippen LogP contribution is 2.11. The fourth-order valence-electron chi connectivity index (χ4n) is 1.71. The van der Waals surface area contributed by atoms with E-state index in [2.05, 4.69) is 5.32 Å². The number of allylic oxidation sites excluding steroid dienone is 1. The van der Waals surface area contributed by atoms with Gasteiger partial charge in [0.25, 0.3) is 0 Å². The molecule has 0 saturated carbocycles. The molecule has 21 heavy (non-hydrogen) atoms. The lowest BCUT2D eigenvalue weighted by Gasteiger charge is -2.01. The molecule has 0 saturated heterocycles. The average Bonchev–Trinajstić information content (AvgIpc) is 2.47. The lowest BCUT2D eigenvalue weighted by Crippen LogP contribution is -2.00. The topological polar surface area (TPSA) is 63.2 Å². The number of nitrogens with one attached hydrogen (secondary N) is 1. The van der Waals surface area contributed by atoms with Crippen molar-refractivity contribution in [2.24, 2.45) is 0 Å². The van der Waals surface area contributed by atoms with Crippen molar-refractivity contribution in [2.75, 3.05) is 11.6 Å². The van der Waals surface area contributed by atoms with E-state index in [9.17, 15) is 13.2 Å². The molecule has 4 nitrogen and oxygen atoms in total. The minimum absolute atomic E-state index is 0.196. The first-order valence-corrected chi connectivity index (χ1v) is 8.18. The smallest absolute Gasteiger partial charge is 0.187 e. The molecule has 0 radical (unpaired) electrons. The molecule has 0 fully saturated rings. The van der Waals surface area contributed by atoms with Crippen LogP contribution in [-0.4, -0.2) is 20.5 Å². The second-order valence-corrected chi connectivity index (χ2v) is 6.52. The summed E-state index contributed by atoms with van der Waals surface area (Å²) in [4.78, 5) is 12.1. The van der Waals surface area contributed by atoms with Crippen molar-refractivity contribution in [1.29, 1.82) is 0 Å². The summed E-state index contributed by atoms with van der Waals surface area (Å²) >= 11 is 0. The molecular weight excluding hydrogens is 286 g/mol. The summed E-state index contributed by atoms with van der Waals surface area (Å²) in [7, 11) is -3.24. The van der Waals surface area contributed by atoms with Gasteiger partial charge < -0.3 is 5.32 Å². The lowest BCUT2D eigenvalue weighted by atomic mass is 10.1. The van der Waals surface area contributed by atoms with Gasteiger partial charge in [-0.1, -0.05) is 18.2 Å². The molecule has 0 bridgehead atoms. The Bertz CT molecular complexity index is 748. The zero-order valence-electron chi connectivity index (χ0n) is 11.5. The van der Waals surface area contributed by atoms with Crippen LogP contribution in [-0.2, 0) is 9.84 Å². The molecule has 5 heteroatoms. The number of ketones is 1. The van der Waals surface area contributed by atoms with Gasteiger partial charge in [0.1, 0.15) is 0 Å². The number of para-hydroxylation sites is 1. The molecule has 2 aromatic rings. The normalized spacial score (nSPS) is 11.5. The van der Waals surface area contributed by atoms with Gasteiger partial charge in [-0.05, 0) is 36.4 Å². The van der Waals surface area contributed by atoms with Crippen LogP contribution < -0.4 is 5.32 Å². The predicted octanol–water partition coefficient (Wildman–Crippen LogP) is 2.90. The molecule has 0 heterocycles. The van der Waals surface area contributed by atoms with Crippen LogP contribution in [0.4, 0.5) is 5.69 Å². The van der Waals surface area contributed by atoms with Gasteiger partial charge in [0, 0.05) is 29.8 Å². The van der Waals surface area contributed by atoms with Gasteiger partial charge in [-0.15, -0.1) is 0 Å². The van der Waals surface area contributed by atoms with Crippen LogP contribution in [0.25, 0.3) is 0 Å². The first kappa shape index (κ1) is 15.0. The van der Waals surface area contributed by atoms with Crippen molar-refractivity contribution >= 4 is 21.3 Å². The van der Waals surface area contributed by atoms with Crippen LogP contribution >= 0.6 is 0 Å². The van der Waals surface area contributed by atoms with Gasteiger partial charge in [0.05, 0.1) is 4.90 Å². The molecule has 0 amide bonds. The van der Waals surface area contributed by atoms with Crippen LogP contribution in [0.5, 0.6) is 0 Å². The summed E-state index contributed by atoms with van der Waals surface area (Å²) in [6.45, 7) is 0. The monoisotopic (exact) mass is 301 g/mol. The van der Waals surface area contributed by atoms with E-state index in [1.807, 2.05) is 30.3 Å². The van der Waals surface area contributed by atoms with E-state index in [-0.39, 0.29) is 10.7 Å². The van der Waals surface area contributed by atoms with Crippen LogP contribution in [0.3, 0.4) is 0 Å². The van der Waals surface area contributed by atoms with Gasteiger partial charge in [0.2, 0.25) is 0 Å². The largest absolute Gasteiger partial charge is 0.362 e. The van der Waals surface area contributed by atoms with Crippen molar-refractivity contribution in [3.8, 4) is 0 Å². The highest BCUT2D eigenvalue weighted by Gasteiger charge is 2.08. The molecule has 0 spiro atoms. The van der Waals surface area contributed by atoms with Crippen LogP contribution in [0.15, 0.2) is 71.8 Å². The maximum Gasteiger partial charge on any atom is 0.187 e. The van der Waals surface area contributed by atoms with Gasteiger partial charge >= 0.3 is 0 Å². The predicted molar refractivity (Wildman–Crippen MR) is 83.1 cm³/mol. The maximum atomic E-state index is 11.9. The highest BCUT2D eigenvalue weighted by atomic mass is 32.2. The van der Waals surface area contributed by atoms with Crippen LogP contribution in [0.2, 0.25) is 0 Å². The number of hydrogen-bond acceptors (Lipinski definition) is 4. The van der Waals surface area contributed by atoms with E-state index >= 15 is 0 Å². The fourth-order valence-corrected chi connectivity index (χ4v) is 2.34. The molecule has 1 N–H and O–H groups in total. The molecular formula is C16H15NO3S. The lowest BCUT2D eigenvalue weighted by molar-refractivity contribution is 0.104. The first-order chi connectivity index (χ1) is 9.97. The van der Waals surface area contributed by atoms with Crippen LogP contribution in [0, 0.1) is 0 Å². The highest BCUT2D eigenvalue weighted by molar-refractivity contribution is 7.90. The first-order valence-electron chi connectivity index (χ1n) is 6.29. The Kier molecular flexibility index (Phi) is 4.55. The fraction of sp³-hybridized carbons (Fsp3) is 0.0625. The third-order valence-corrected chi connectivity index (χ3v) is 3.95. The Labute approximate surface area is 124 Å². The molecule has 0 aliphatic carbocycles. The number of carbonyl (C=O) groups excluding carboxylic acids is 1. The number of carbonyl (C=O) groups is 1. The second-order valence-electron chi connectivity index (χ2n) is 4.50. The van der Waals surface area contributed by atoms with E-state index in [4.69, 9.17) is 0 Å². The third-order valence-electron chi connectivity index (χ3n) is 2.83. The summed E-state index contributed by atoms with van der Waals surface area (Å²) in [5.74, 6) is -0.196. The number of benzene rings is 2. The number of sulfone groups is 1. The molecule has 0 aromatic heterocycles. The Balaban J connectivity index is 2.04. The van der Waals surface area contributed by atoms with E-state index in [0.717, 1.165) is 11.9 Å². The quantitative estimate of drug-likeness (QED) is 0.681. The third kappa shape index (κ3) is 4.29. The molecule has 0 atom stereocenters. The van der Waals surface area contributed by atoms with E-state index < -0.39 is 9.84 Å². The van der Waals surface area contributed by atoms with Crippen molar-refractivity contribution in [3.05, 3.63) is 72.4 Å². The maximum absolute atomic E-state index is 11.9. The number of anilines is 1. The van der Waals surface area contributed by atoms with Gasteiger partial charge in [-0.3, -0.25) is 4.79 Å². The van der Waals surface area contributed by atoms with Crippen molar-refractivity contribution in [3.63, 3.8) is 0 Å². The molecule has 0 aliphatic rings. The average molecular weight is 301 g/mol. The van der Waals surface area contributed by atoms with E-state index in [1.165, 1.54) is 30.3 Å². The molecule has 0 aliphatic heterocycles.